The highest BCUT2D eigenvalue weighted by molar-refractivity contribution is 7.80. The van der Waals surface area contributed by atoms with Crippen molar-refractivity contribution in [3.05, 3.63) is 35.4 Å². The van der Waals surface area contributed by atoms with E-state index in [1.807, 2.05) is 0 Å². The Hall–Kier alpha value is -1.42. The predicted octanol–water partition coefficient (Wildman–Crippen LogP) is 2.63. The third kappa shape index (κ3) is 3.77. The lowest BCUT2D eigenvalue weighted by atomic mass is 9.87. The van der Waals surface area contributed by atoms with Crippen LogP contribution in [0.15, 0.2) is 24.3 Å². The number of hydrogen-bond donors (Lipinski definition) is 2. The molecule has 0 aromatic heterocycles. The second-order valence-electron chi connectivity index (χ2n) is 5.37. The Morgan fingerprint density at radius 3 is 2.21 bits per heavy atom. The molecule has 1 aromatic carbocycles. The van der Waals surface area contributed by atoms with E-state index in [2.05, 4.69) is 12.2 Å². The second kappa shape index (κ2) is 6.15. The number of carbonyl (C=O) groups excluding carboxylic acids is 1. The van der Waals surface area contributed by atoms with Gasteiger partial charge in [0.1, 0.15) is 4.99 Å². The van der Waals surface area contributed by atoms with Crippen LogP contribution in [0.25, 0.3) is 0 Å². The minimum atomic E-state index is -0.00552. The van der Waals surface area contributed by atoms with Crippen LogP contribution in [0.1, 0.15) is 48.5 Å². The van der Waals surface area contributed by atoms with Crippen molar-refractivity contribution in [2.24, 2.45) is 11.7 Å². The first-order valence-electron chi connectivity index (χ1n) is 6.77. The van der Waals surface area contributed by atoms with Crippen LogP contribution in [0.2, 0.25) is 0 Å². The normalized spacial score (nSPS) is 22.8. The minimum absolute atomic E-state index is 0.00552. The molecule has 0 radical (unpaired) electrons. The van der Waals surface area contributed by atoms with Gasteiger partial charge in [-0.25, -0.2) is 0 Å². The first kappa shape index (κ1) is 14.0. The first-order valence-corrected chi connectivity index (χ1v) is 7.18. The Morgan fingerprint density at radius 2 is 1.68 bits per heavy atom. The number of nitrogens with two attached hydrogens (primary N) is 1. The van der Waals surface area contributed by atoms with Crippen LogP contribution >= 0.6 is 12.2 Å². The Labute approximate surface area is 119 Å². The van der Waals surface area contributed by atoms with Gasteiger partial charge < -0.3 is 11.1 Å². The molecule has 4 heteroatoms. The summed E-state index contributed by atoms with van der Waals surface area (Å²) >= 11 is 4.89. The fourth-order valence-corrected chi connectivity index (χ4v) is 2.60. The Kier molecular flexibility index (Phi) is 4.53. The van der Waals surface area contributed by atoms with Gasteiger partial charge in [0.05, 0.1) is 0 Å². The van der Waals surface area contributed by atoms with E-state index in [1.165, 1.54) is 12.8 Å². The van der Waals surface area contributed by atoms with Crippen molar-refractivity contribution in [1.29, 1.82) is 0 Å². The summed E-state index contributed by atoms with van der Waals surface area (Å²) in [5.41, 5.74) is 6.99. The molecule has 3 N–H and O–H groups in total. The Bertz CT molecular complexity index is 462. The molecule has 102 valence electrons. The van der Waals surface area contributed by atoms with E-state index in [1.54, 1.807) is 24.3 Å². The average Bonchev–Trinajstić information content (AvgIpc) is 2.41. The summed E-state index contributed by atoms with van der Waals surface area (Å²) in [4.78, 5) is 12.5. The van der Waals surface area contributed by atoms with Gasteiger partial charge in [-0.15, -0.1) is 0 Å². The average molecular weight is 276 g/mol. The molecule has 0 aliphatic heterocycles. The van der Waals surface area contributed by atoms with Gasteiger partial charge in [-0.05, 0) is 43.7 Å². The van der Waals surface area contributed by atoms with E-state index in [9.17, 15) is 4.79 Å². The van der Waals surface area contributed by atoms with Gasteiger partial charge in [0.2, 0.25) is 0 Å². The SMILES string of the molecule is CC1CCC(NC(=O)c2ccc(C(N)=S)cc2)CC1. The second-order valence-corrected chi connectivity index (χ2v) is 5.81. The molecule has 2 rings (SSSR count). The number of carbonyl (C=O) groups is 1. The molecular formula is C15H20N2OS. The van der Waals surface area contributed by atoms with E-state index in [0.717, 1.165) is 24.3 Å². The van der Waals surface area contributed by atoms with Crippen molar-refractivity contribution in [3.8, 4) is 0 Å². The zero-order chi connectivity index (χ0) is 13.8. The minimum Gasteiger partial charge on any atom is -0.389 e. The van der Waals surface area contributed by atoms with E-state index in [-0.39, 0.29) is 5.91 Å². The molecule has 1 aliphatic rings. The molecule has 1 saturated carbocycles. The number of amides is 1. The van der Waals surface area contributed by atoms with Crippen LogP contribution in [0, 0.1) is 5.92 Å². The lowest BCUT2D eigenvalue weighted by Crippen LogP contribution is -2.37. The van der Waals surface area contributed by atoms with Gasteiger partial charge in [0, 0.05) is 17.2 Å². The standard InChI is InChI=1S/C15H20N2OS/c1-10-2-8-13(9-3-10)17-15(18)12-6-4-11(5-7-12)14(16)19/h4-7,10,13H,2-3,8-9H2,1H3,(H2,16,19)(H,17,18). The highest BCUT2D eigenvalue weighted by atomic mass is 32.1. The van der Waals surface area contributed by atoms with Crippen molar-refractivity contribution in [2.45, 2.75) is 38.6 Å². The molecule has 0 bridgehead atoms. The van der Waals surface area contributed by atoms with Crippen molar-refractivity contribution in [3.63, 3.8) is 0 Å². The van der Waals surface area contributed by atoms with Gasteiger partial charge in [-0.3, -0.25) is 4.79 Å². The molecule has 0 spiro atoms. The van der Waals surface area contributed by atoms with Gasteiger partial charge in [-0.1, -0.05) is 31.3 Å². The number of thiocarbonyl (C=S) groups is 1. The number of nitrogens with one attached hydrogen (secondary N) is 1. The molecule has 3 nitrogen and oxygen atoms in total. The van der Waals surface area contributed by atoms with Crippen LogP contribution in [0.4, 0.5) is 0 Å². The van der Waals surface area contributed by atoms with Crippen LogP contribution in [-0.4, -0.2) is 16.9 Å². The quantitative estimate of drug-likeness (QED) is 0.834. The molecule has 0 atom stereocenters. The Morgan fingerprint density at radius 1 is 1.16 bits per heavy atom. The van der Waals surface area contributed by atoms with Crippen molar-refractivity contribution in [2.75, 3.05) is 0 Å². The maximum atomic E-state index is 12.1. The summed E-state index contributed by atoms with van der Waals surface area (Å²) in [7, 11) is 0. The molecule has 0 unspecified atom stereocenters. The zero-order valence-corrected chi connectivity index (χ0v) is 12.0. The highest BCUT2D eigenvalue weighted by Gasteiger charge is 2.20. The highest BCUT2D eigenvalue weighted by Crippen LogP contribution is 2.23. The maximum Gasteiger partial charge on any atom is 0.251 e. The van der Waals surface area contributed by atoms with E-state index >= 15 is 0 Å². The summed E-state index contributed by atoms with van der Waals surface area (Å²) in [6.07, 6.45) is 4.56. The fourth-order valence-electron chi connectivity index (χ4n) is 2.46. The fraction of sp³-hybridized carbons (Fsp3) is 0.467. The summed E-state index contributed by atoms with van der Waals surface area (Å²) in [5.74, 6) is 0.784. The first-order chi connectivity index (χ1) is 9.06. The van der Waals surface area contributed by atoms with Crippen LogP contribution in [0.3, 0.4) is 0 Å². The number of rotatable bonds is 3. The van der Waals surface area contributed by atoms with E-state index < -0.39 is 0 Å². The molecule has 0 heterocycles. The molecule has 19 heavy (non-hydrogen) atoms. The third-order valence-electron chi connectivity index (χ3n) is 3.78. The smallest absolute Gasteiger partial charge is 0.251 e. The van der Waals surface area contributed by atoms with Crippen LogP contribution < -0.4 is 11.1 Å². The van der Waals surface area contributed by atoms with Gasteiger partial charge in [-0.2, -0.15) is 0 Å². The van der Waals surface area contributed by atoms with Crippen LogP contribution in [0.5, 0.6) is 0 Å². The maximum absolute atomic E-state index is 12.1. The Balaban J connectivity index is 1.94. The number of hydrogen-bond acceptors (Lipinski definition) is 2. The predicted molar refractivity (Wildman–Crippen MR) is 81.2 cm³/mol. The molecule has 1 aliphatic carbocycles. The summed E-state index contributed by atoms with van der Waals surface area (Å²) in [6, 6.07) is 7.45. The molecule has 0 saturated heterocycles. The van der Waals surface area contributed by atoms with E-state index in [0.29, 0.717) is 16.6 Å². The summed E-state index contributed by atoms with van der Waals surface area (Å²) in [5, 5.41) is 3.10. The number of benzene rings is 1. The van der Waals surface area contributed by atoms with Crippen molar-refractivity contribution >= 4 is 23.1 Å². The summed E-state index contributed by atoms with van der Waals surface area (Å²) < 4.78 is 0. The lowest BCUT2D eigenvalue weighted by molar-refractivity contribution is 0.0923. The van der Waals surface area contributed by atoms with Gasteiger partial charge in [0.15, 0.2) is 0 Å². The van der Waals surface area contributed by atoms with E-state index in [4.69, 9.17) is 18.0 Å². The third-order valence-corrected chi connectivity index (χ3v) is 4.02. The topological polar surface area (TPSA) is 55.1 Å². The summed E-state index contributed by atoms with van der Waals surface area (Å²) in [6.45, 7) is 2.27. The lowest BCUT2D eigenvalue weighted by Gasteiger charge is -2.26. The molecule has 1 fully saturated rings. The van der Waals surface area contributed by atoms with Crippen LogP contribution in [-0.2, 0) is 0 Å². The monoisotopic (exact) mass is 276 g/mol. The molecule has 1 amide bonds. The zero-order valence-electron chi connectivity index (χ0n) is 11.2. The van der Waals surface area contributed by atoms with Gasteiger partial charge >= 0.3 is 0 Å². The largest absolute Gasteiger partial charge is 0.389 e. The molecule has 1 aromatic rings. The van der Waals surface area contributed by atoms with Gasteiger partial charge in [0.25, 0.3) is 5.91 Å². The van der Waals surface area contributed by atoms with Crippen molar-refractivity contribution < 1.29 is 4.79 Å². The molecular weight excluding hydrogens is 256 g/mol. The van der Waals surface area contributed by atoms with Crippen molar-refractivity contribution in [1.82, 2.24) is 5.32 Å².